The molecular formula is C10H17N3O4S. The zero-order valence-corrected chi connectivity index (χ0v) is 11.1. The molecule has 0 atom stereocenters. The number of hydrogen-bond acceptors (Lipinski definition) is 6. The molecular weight excluding hydrogens is 258 g/mol. The van der Waals surface area contributed by atoms with E-state index in [4.69, 9.17) is 5.26 Å². The number of carbonyl (C=O) groups excluding carboxylic acids is 1. The molecule has 0 unspecified atom stereocenters. The highest BCUT2D eigenvalue weighted by molar-refractivity contribution is 7.89. The van der Waals surface area contributed by atoms with Crippen LogP contribution in [0.2, 0.25) is 0 Å². The maximum absolute atomic E-state index is 11.6. The summed E-state index contributed by atoms with van der Waals surface area (Å²) >= 11 is 0. The molecule has 1 aliphatic heterocycles. The Labute approximate surface area is 107 Å². The van der Waals surface area contributed by atoms with Crippen LogP contribution in [0.4, 0.5) is 0 Å². The number of piperazine rings is 1. The number of sulfonamides is 1. The van der Waals surface area contributed by atoms with Gasteiger partial charge in [0.1, 0.15) is 0 Å². The second-order valence-electron chi connectivity index (χ2n) is 3.98. The summed E-state index contributed by atoms with van der Waals surface area (Å²) in [5.41, 5.74) is 0. The second-order valence-corrected chi connectivity index (χ2v) is 5.95. The van der Waals surface area contributed by atoms with Gasteiger partial charge in [0.25, 0.3) is 0 Å². The van der Waals surface area contributed by atoms with Crippen LogP contribution in [0.3, 0.4) is 0 Å². The number of methoxy groups -OCH3 is 1. The molecule has 0 bridgehead atoms. The molecule has 0 radical (unpaired) electrons. The van der Waals surface area contributed by atoms with Crippen LogP contribution in [-0.4, -0.2) is 69.2 Å². The number of carbonyl (C=O) groups is 1. The fourth-order valence-corrected chi connectivity index (χ4v) is 2.82. The summed E-state index contributed by atoms with van der Waals surface area (Å²) < 4.78 is 29.1. The van der Waals surface area contributed by atoms with Gasteiger partial charge in [0, 0.05) is 32.7 Å². The molecule has 0 amide bonds. The molecule has 102 valence electrons. The van der Waals surface area contributed by atoms with Crippen LogP contribution in [0, 0.1) is 11.3 Å². The highest BCUT2D eigenvalue weighted by atomic mass is 32.2. The van der Waals surface area contributed by atoms with Crippen LogP contribution >= 0.6 is 0 Å². The van der Waals surface area contributed by atoms with Gasteiger partial charge < -0.3 is 9.64 Å². The minimum absolute atomic E-state index is 0.269. The molecule has 0 N–H and O–H groups in total. The Hall–Kier alpha value is -1.17. The average Bonchev–Trinajstić information content (AvgIpc) is 2.36. The minimum atomic E-state index is -3.44. The Balaban J connectivity index is 2.38. The Morgan fingerprint density at radius 3 is 2.44 bits per heavy atom. The van der Waals surface area contributed by atoms with Crippen molar-refractivity contribution in [3.05, 3.63) is 0 Å². The minimum Gasteiger partial charge on any atom is -0.469 e. The van der Waals surface area contributed by atoms with Crippen LogP contribution in [0.25, 0.3) is 0 Å². The Morgan fingerprint density at radius 1 is 1.33 bits per heavy atom. The highest BCUT2D eigenvalue weighted by Gasteiger charge is 2.26. The maximum atomic E-state index is 11.6. The van der Waals surface area contributed by atoms with Gasteiger partial charge in [-0.25, -0.2) is 8.42 Å². The third-order valence-electron chi connectivity index (χ3n) is 2.83. The molecule has 1 heterocycles. The van der Waals surface area contributed by atoms with Crippen molar-refractivity contribution in [2.45, 2.75) is 6.42 Å². The van der Waals surface area contributed by atoms with Crippen LogP contribution < -0.4 is 0 Å². The molecule has 0 saturated carbocycles. The van der Waals surface area contributed by atoms with Crippen molar-refractivity contribution in [3.63, 3.8) is 0 Å². The van der Waals surface area contributed by atoms with Crippen molar-refractivity contribution in [1.29, 1.82) is 5.26 Å². The van der Waals surface area contributed by atoms with Crippen molar-refractivity contribution in [2.75, 3.05) is 45.6 Å². The molecule has 0 spiro atoms. The van der Waals surface area contributed by atoms with Crippen LogP contribution in [0.5, 0.6) is 0 Å². The first-order valence-electron chi connectivity index (χ1n) is 5.63. The van der Waals surface area contributed by atoms with Crippen molar-refractivity contribution in [2.24, 2.45) is 0 Å². The SMILES string of the molecule is COC(=O)CCN1CCN(S(=O)(=O)CC#N)CC1. The molecule has 0 aromatic rings. The quantitative estimate of drug-likeness (QED) is 0.599. The van der Waals surface area contributed by atoms with Crippen LogP contribution in [0.15, 0.2) is 0 Å². The number of nitrogens with zero attached hydrogens (tertiary/aromatic N) is 3. The van der Waals surface area contributed by atoms with E-state index in [2.05, 4.69) is 4.74 Å². The van der Waals surface area contributed by atoms with Gasteiger partial charge in [0.2, 0.25) is 10.0 Å². The van der Waals surface area contributed by atoms with Crippen molar-refractivity contribution in [3.8, 4) is 6.07 Å². The monoisotopic (exact) mass is 275 g/mol. The fraction of sp³-hybridized carbons (Fsp3) is 0.800. The second kappa shape index (κ2) is 6.68. The van der Waals surface area contributed by atoms with E-state index in [0.29, 0.717) is 39.1 Å². The third kappa shape index (κ3) is 4.25. The van der Waals surface area contributed by atoms with Gasteiger partial charge in [0.05, 0.1) is 19.6 Å². The Morgan fingerprint density at radius 2 is 1.94 bits per heavy atom. The lowest BCUT2D eigenvalue weighted by Crippen LogP contribution is -2.49. The standard InChI is InChI=1S/C10H17N3O4S/c1-17-10(14)2-4-12-5-7-13(8-6-12)18(15,16)9-3-11/h2,4-9H2,1H3. The van der Waals surface area contributed by atoms with Gasteiger partial charge in [-0.2, -0.15) is 9.57 Å². The first-order chi connectivity index (χ1) is 8.49. The molecule has 1 rings (SSSR count). The predicted octanol–water partition coefficient (Wildman–Crippen LogP) is -0.980. The maximum Gasteiger partial charge on any atom is 0.306 e. The lowest BCUT2D eigenvalue weighted by atomic mass is 10.3. The summed E-state index contributed by atoms with van der Waals surface area (Å²) in [5, 5.41) is 8.44. The zero-order valence-electron chi connectivity index (χ0n) is 10.3. The molecule has 18 heavy (non-hydrogen) atoms. The van der Waals surface area contributed by atoms with Gasteiger partial charge in [-0.3, -0.25) is 4.79 Å². The van der Waals surface area contributed by atoms with E-state index < -0.39 is 15.8 Å². The van der Waals surface area contributed by atoms with Crippen molar-refractivity contribution >= 4 is 16.0 Å². The normalized spacial score (nSPS) is 18.2. The first kappa shape index (κ1) is 14.9. The van der Waals surface area contributed by atoms with E-state index in [1.165, 1.54) is 11.4 Å². The van der Waals surface area contributed by atoms with Gasteiger partial charge in [-0.05, 0) is 0 Å². The van der Waals surface area contributed by atoms with Gasteiger partial charge in [0.15, 0.2) is 5.75 Å². The lowest BCUT2D eigenvalue weighted by molar-refractivity contribution is -0.141. The van der Waals surface area contributed by atoms with Crippen LogP contribution in [0.1, 0.15) is 6.42 Å². The Bertz CT molecular complexity index is 421. The number of esters is 1. The van der Waals surface area contributed by atoms with Gasteiger partial charge in [-0.1, -0.05) is 0 Å². The third-order valence-corrected chi connectivity index (χ3v) is 4.48. The molecule has 1 aliphatic rings. The molecule has 0 aromatic carbocycles. The highest BCUT2D eigenvalue weighted by Crippen LogP contribution is 2.08. The molecule has 7 nitrogen and oxygen atoms in total. The number of nitriles is 1. The number of hydrogen-bond donors (Lipinski definition) is 0. The average molecular weight is 275 g/mol. The largest absolute Gasteiger partial charge is 0.469 e. The van der Waals surface area contributed by atoms with Crippen molar-refractivity contribution in [1.82, 2.24) is 9.21 Å². The van der Waals surface area contributed by atoms with E-state index >= 15 is 0 Å². The summed E-state index contributed by atoms with van der Waals surface area (Å²) in [6.07, 6.45) is 0.307. The topological polar surface area (TPSA) is 90.7 Å². The molecule has 1 fully saturated rings. The van der Waals surface area contributed by atoms with Gasteiger partial charge >= 0.3 is 5.97 Å². The van der Waals surface area contributed by atoms with Crippen molar-refractivity contribution < 1.29 is 17.9 Å². The van der Waals surface area contributed by atoms with E-state index in [1.807, 2.05) is 4.90 Å². The summed E-state index contributed by atoms with van der Waals surface area (Å²) in [4.78, 5) is 13.0. The predicted molar refractivity (Wildman–Crippen MR) is 64.0 cm³/mol. The fourth-order valence-electron chi connectivity index (χ4n) is 1.76. The summed E-state index contributed by atoms with van der Waals surface area (Å²) in [6.45, 7) is 2.44. The lowest BCUT2D eigenvalue weighted by Gasteiger charge is -2.33. The molecule has 0 aliphatic carbocycles. The molecule has 1 saturated heterocycles. The summed E-state index contributed by atoms with van der Waals surface area (Å²) in [7, 11) is -2.10. The zero-order chi connectivity index (χ0) is 13.6. The van der Waals surface area contributed by atoms with E-state index in [9.17, 15) is 13.2 Å². The van der Waals surface area contributed by atoms with Gasteiger partial charge in [-0.15, -0.1) is 0 Å². The van der Waals surface area contributed by atoms with E-state index in [0.717, 1.165) is 0 Å². The first-order valence-corrected chi connectivity index (χ1v) is 7.24. The van der Waals surface area contributed by atoms with E-state index in [1.54, 1.807) is 6.07 Å². The molecule has 0 aromatic heterocycles. The van der Waals surface area contributed by atoms with E-state index in [-0.39, 0.29) is 5.97 Å². The van der Waals surface area contributed by atoms with Crippen LogP contribution in [-0.2, 0) is 19.6 Å². The Kier molecular flexibility index (Phi) is 5.53. The number of ether oxygens (including phenoxy) is 1. The summed E-state index contributed by atoms with van der Waals surface area (Å²) in [6, 6.07) is 1.66. The summed E-state index contributed by atoms with van der Waals surface area (Å²) in [5.74, 6) is -0.746. The number of rotatable bonds is 5. The smallest absolute Gasteiger partial charge is 0.306 e. The molecule has 8 heteroatoms.